The quantitative estimate of drug-likeness (QED) is 0.636. The number of ketones is 1. The normalized spacial score (nSPS) is 49.4. The molecule has 4 saturated carbocycles. The van der Waals surface area contributed by atoms with Crippen LogP contribution >= 0.6 is 0 Å². The SMILES string of the molecule is CC(=O)O[C@H]1CC[C@@]2(C)[C@H](C1)CC1(OCCO1)[C@@H]1[C@H]3CCC(=O)[C@@]3(C)CC[C@@H]12. The van der Waals surface area contributed by atoms with Crippen molar-refractivity contribution in [2.75, 3.05) is 13.2 Å². The standard InChI is InChI=1S/C23H34O5/c1-14(24)28-16-6-8-21(2)15(12-16)13-23(26-10-11-27-23)20-17-4-5-19(25)22(17,3)9-7-18(20)21/h15-18,20H,4-13H2,1-3H3/t15-,16+,17-,18+,20-,21+,22+/m1/s1. The van der Waals surface area contributed by atoms with Crippen LogP contribution in [0.1, 0.15) is 72.1 Å². The van der Waals surface area contributed by atoms with Crippen LogP contribution in [-0.2, 0) is 23.8 Å². The van der Waals surface area contributed by atoms with E-state index < -0.39 is 5.79 Å². The molecule has 1 spiro atoms. The van der Waals surface area contributed by atoms with Crippen molar-refractivity contribution < 1.29 is 23.8 Å². The summed E-state index contributed by atoms with van der Waals surface area (Å²) in [5.74, 6) is 1.38. The fraction of sp³-hybridized carbons (Fsp3) is 0.913. The third-order valence-corrected chi connectivity index (χ3v) is 9.46. The fourth-order valence-corrected chi connectivity index (χ4v) is 8.05. The van der Waals surface area contributed by atoms with Gasteiger partial charge in [-0.05, 0) is 61.7 Å². The molecular weight excluding hydrogens is 356 g/mol. The molecule has 0 unspecified atom stereocenters. The van der Waals surface area contributed by atoms with Gasteiger partial charge in [0, 0.05) is 31.1 Å². The molecule has 5 nitrogen and oxygen atoms in total. The highest BCUT2D eigenvalue weighted by molar-refractivity contribution is 5.87. The number of ether oxygens (including phenoxy) is 3. The summed E-state index contributed by atoms with van der Waals surface area (Å²) in [6.45, 7) is 7.47. The summed E-state index contributed by atoms with van der Waals surface area (Å²) in [7, 11) is 0. The van der Waals surface area contributed by atoms with Crippen molar-refractivity contribution in [1.82, 2.24) is 0 Å². The predicted octanol–water partition coefficient (Wildman–Crippen LogP) is 3.88. The Kier molecular flexibility index (Phi) is 4.27. The summed E-state index contributed by atoms with van der Waals surface area (Å²) in [6.07, 6.45) is 7.64. The van der Waals surface area contributed by atoms with E-state index in [1.54, 1.807) is 0 Å². The zero-order valence-electron chi connectivity index (χ0n) is 17.5. The van der Waals surface area contributed by atoms with Crippen LogP contribution in [0.2, 0.25) is 0 Å². The molecule has 156 valence electrons. The number of esters is 1. The molecule has 5 fully saturated rings. The maximum Gasteiger partial charge on any atom is 0.302 e. The number of rotatable bonds is 1. The van der Waals surface area contributed by atoms with Gasteiger partial charge in [0.1, 0.15) is 11.9 Å². The highest BCUT2D eigenvalue weighted by Crippen LogP contribution is 2.69. The average Bonchev–Trinajstić information content (AvgIpc) is 3.22. The minimum absolute atomic E-state index is 0.0208. The van der Waals surface area contributed by atoms with Gasteiger partial charge in [-0.1, -0.05) is 13.8 Å². The second-order valence-electron chi connectivity index (χ2n) is 10.6. The van der Waals surface area contributed by atoms with E-state index in [1.807, 2.05) is 0 Å². The summed E-state index contributed by atoms with van der Waals surface area (Å²) < 4.78 is 18.4. The summed E-state index contributed by atoms with van der Waals surface area (Å²) >= 11 is 0. The highest BCUT2D eigenvalue weighted by atomic mass is 16.7. The Balaban J connectivity index is 1.51. The summed E-state index contributed by atoms with van der Waals surface area (Å²) in [4.78, 5) is 24.3. The van der Waals surface area contributed by atoms with E-state index in [0.717, 1.165) is 51.4 Å². The molecule has 7 atom stereocenters. The maximum absolute atomic E-state index is 12.8. The zero-order chi connectivity index (χ0) is 19.7. The van der Waals surface area contributed by atoms with Crippen molar-refractivity contribution in [3.05, 3.63) is 0 Å². The topological polar surface area (TPSA) is 61.8 Å². The van der Waals surface area contributed by atoms with Crippen molar-refractivity contribution in [3.63, 3.8) is 0 Å². The molecule has 0 amide bonds. The molecule has 5 heteroatoms. The molecule has 1 saturated heterocycles. The van der Waals surface area contributed by atoms with Crippen LogP contribution in [0.3, 0.4) is 0 Å². The van der Waals surface area contributed by atoms with E-state index in [4.69, 9.17) is 14.2 Å². The lowest BCUT2D eigenvalue weighted by Crippen LogP contribution is -2.64. The van der Waals surface area contributed by atoms with Crippen LogP contribution in [0.5, 0.6) is 0 Å². The molecule has 5 rings (SSSR count). The Labute approximate surface area is 167 Å². The van der Waals surface area contributed by atoms with Gasteiger partial charge < -0.3 is 14.2 Å². The largest absolute Gasteiger partial charge is 0.463 e. The molecule has 28 heavy (non-hydrogen) atoms. The summed E-state index contributed by atoms with van der Waals surface area (Å²) in [6, 6.07) is 0. The number of carbonyl (C=O) groups is 2. The zero-order valence-corrected chi connectivity index (χ0v) is 17.5. The second kappa shape index (κ2) is 6.28. The first kappa shape index (κ1) is 19.0. The average molecular weight is 391 g/mol. The van der Waals surface area contributed by atoms with Crippen LogP contribution in [0.15, 0.2) is 0 Å². The first-order valence-corrected chi connectivity index (χ1v) is 11.3. The Hall–Kier alpha value is -0.940. The smallest absolute Gasteiger partial charge is 0.302 e. The minimum Gasteiger partial charge on any atom is -0.463 e. The molecule has 0 aromatic rings. The van der Waals surface area contributed by atoms with Gasteiger partial charge in [0.15, 0.2) is 5.79 Å². The van der Waals surface area contributed by atoms with Crippen LogP contribution in [-0.4, -0.2) is 36.9 Å². The van der Waals surface area contributed by atoms with Gasteiger partial charge in [-0.15, -0.1) is 0 Å². The Morgan fingerprint density at radius 1 is 1.07 bits per heavy atom. The van der Waals surface area contributed by atoms with Crippen molar-refractivity contribution in [3.8, 4) is 0 Å². The van der Waals surface area contributed by atoms with Crippen LogP contribution in [0, 0.1) is 34.5 Å². The summed E-state index contributed by atoms with van der Waals surface area (Å²) in [5.41, 5.74) is 0.0243. The van der Waals surface area contributed by atoms with Gasteiger partial charge in [-0.2, -0.15) is 0 Å². The number of Topliss-reactive ketones (excluding diaryl/α,β-unsaturated/α-hetero) is 1. The minimum atomic E-state index is -0.538. The number of hydrogen-bond donors (Lipinski definition) is 0. The van der Waals surface area contributed by atoms with E-state index in [1.165, 1.54) is 6.92 Å². The van der Waals surface area contributed by atoms with Gasteiger partial charge in [0.05, 0.1) is 13.2 Å². The third-order valence-electron chi connectivity index (χ3n) is 9.46. The van der Waals surface area contributed by atoms with Crippen molar-refractivity contribution in [2.24, 2.45) is 34.5 Å². The molecule has 5 aliphatic rings. The molecule has 1 heterocycles. The Bertz CT molecular complexity index is 682. The lowest BCUT2D eigenvalue weighted by molar-refractivity contribution is -0.297. The van der Waals surface area contributed by atoms with E-state index >= 15 is 0 Å². The monoisotopic (exact) mass is 390 g/mol. The Morgan fingerprint density at radius 2 is 1.82 bits per heavy atom. The highest BCUT2D eigenvalue weighted by Gasteiger charge is 2.68. The van der Waals surface area contributed by atoms with Gasteiger partial charge >= 0.3 is 5.97 Å². The number of fused-ring (bicyclic) bond motifs is 6. The van der Waals surface area contributed by atoms with Crippen LogP contribution in [0.4, 0.5) is 0 Å². The lowest BCUT2D eigenvalue weighted by atomic mass is 9.43. The van der Waals surface area contributed by atoms with Crippen molar-refractivity contribution in [1.29, 1.82) is 0 Å². The first-order valence-electron chi connectivity index (χ1n) is 11.3. The maximum atomic E-state index is 12.8. The van der Waals surface area contributed by atoms with Crippen molar-refractivity contribution >= 4 is 11.8 Å². The van der Waals surface area contributed by atoms with Crippen molar-refractivity contribution in [2.45, 2.75) is 84.0 Å². The molecule has 0 N–H and O–H groups in total. The molecule has 1 aliphatic heterocycles. The van der Waals surface area contributed by atoms with Crippen LogP contribution < -0.4 is 0 Å². The molecule has 0 radical (unpaired) electrons. The van der Waals surface area contributed by atoms with Gasteiger partial charge in [-0.25, -0.2) is 0 Å². The summed E-state index contributed by atoms with van der Waals surface area (Å²) in [5, 5.41) is 0. The first-order chi connectivity index (χ1) is 13.3. The van der Waals surface area contributed by atoms with E-state index in [-0.39, 0.29) is 22.9 Å². The molecule has 0 bridgehead atoms. The molecule has 4 aliphatic carbocycles. The molecule has 0 aromatic heterocycles. The van der Waals surface area contributed by atoms with Crippen LogP contribution in [0.25, 0.3) is 0 Å². The van der Waals surface area contributed by atoms with Gasteiger partial charge in [0.25, 0.3) is 0 Å². The predicted molar refractivity (Wildman–Crippen MR) is 102 cm³/mol. The third kappa shape index (κ3) is 2.51. The number of hydrogen-bond acceptors (Lipinski definition) is 5. The molecular formula is C23H34O5. The van der Waals surface area contributed by atoms with Gasteiger partial charge in [0.2, 0.25) is 0 Å². The lowest BCUT2D eigenvalue weighted by Gasteiger charge is -2.64. The Morgan fingerprint density at radius 3 is 2.54 bits per heavy atom. The molecule has 0 aromatic carbocycles. The van der Waals surface area contributed by atoms with E-state index in [0.29, 0.717) is 42.7 Å². The van der Waals surface area contributed by atoms with E-state index in [9.17, 15) is 9.59 Å². The van der Waals surface area contributed by atoms with E-state index in [2.05, 4.69) is 13.8 Å². The second-order valence-corrected chi connectivity index (χ2v) is 10.6. The fourth-order valence-electron chi connectivity index (χ4n) is 8.05. The van der Waals surface area contributed by atoms with Gasteiger partial charge in [-0.3, -0.25) is 9.59 Å². The number of carbonyl (C=O) groups excluding carboxylic acids is 2.